The van der Waals surface area contributed by atoms with E-state index < -0.39 is 54.6 Å². The molecule has 29 heavy (non-hydrogen) atoms. The van der Waals surface area contributed by atoms with Crippen molar-refractivity contribution >= 4 is 23.9 Å². The molecule has 0 spiro atoms. The number of aliphatic hydroxyl groups is 1. The first-order valence-electron chi connectivity index (χ1n) is 8.74. The first-order chi connectivity index (χ1) is 13.7. The van der Waals surface area contributed by atoms with Gasteiger partial charge in [-0.25, -0.2) is 4.79 Å². The molecule has 1 aromatic rings. The summed E-state index contributed by atoms with van der Waals surface area (Å²) in [5.74, 6) is -3.39. The molecule has 0 radical (unpaired) electrons. The Morgan fingerprint density at radius 2 is 1.38 bits per heavy atom. The van der Waals surface area contributed by atoms with Gasteiger partial charge in [-0.1, -0.05) is 30.3 Å². The van der Waals surface area contributed by atoms with Crippen LogP contribution in [-0.4, -0.2) is 59.7 Å². The molecule has 1 aliphatic heterocycles. The Hall–Kier alpha value is -2.98. The Labute approximate surface area is 166 Å². The maximum atomic E-state index is 12.6. The average Bonchev–Trinajstić information content (AvgIpc) is 2.64. The average molecular weight is 410 g/mol. The molecule has 0 aliphatic carbocycles. The maximum absolute atomic E-state index is 12.6. The summed E-state index contributed by atoms with van der Waals surface area (Å²) in [5, 5.41) is 10.2. The summed E-state index contributed by atoms with van der Waals surface area (Å²) >= 11 is 0. The molecule has 0 bridgehead atoms. The molecule has 0 aromatic heterocycles. The first kappa shape index (κ1) is 22.3. The molecule has 1 heterocycles. The van der Waals surface area contributed by atoms with Crippen molar-refractivity contribution in [3.05, 3.63) is 35.9 Å². The molecule has 10 nitrogen and oxygen atoms in total. The van der Waals surface area contributed by atoms with Gasteiger partial charge in [-0.3, -0.25) is 14.4 Å². The van der Waals surface area contributed by atoms with E-state index in [9.17, 15) is 24.3 Å². The van der Waals surface area contributed by atoms with E-state index in [2.05, 4.69) is 0 Å². The molecule has 1 saturated heterocycles. The van der Waals surface area contributed by atoms with Crippen LogP contribution in [0.5, 0.6) is 0 Å². The number of carbonyl (C=O) groups excluding carboxylic acids is 4. The molecule has 10 heteroatoms. The van der Waals surface area contributed by atoms with Crippen molar-refractivity contribution in [1.82, 2.24) is 0 Å². The number of hydrogen-bond acceptors (Lipinski definition) is 10. The van der Waals surface area contributed by atoms with Crippen LogP contribution in [0.2, 0.25) is 0 Å². The van der Waals surface area contributed by atoms with Gasteiger partial charge in [0.15, 0.2) is 30.7 Å². The van der Waals surface area contributed by atoms with Crippen LogP contribution in [-0.2, 0) is 49.5 Å². The summed E-state index contributed by atoms with van der Waals surface area (Å²) in [5.41, 5.74) is 0.690. The maximum Gasteiger partial charge on any atom is 0.339 e. The molecule has 1 aromatic carbocycles. The zero-order valence-corrected chi connectivity index (χ0v) is 16.1. The second kappa shape index (κ2) is 9.99. The van der Waals surface area contributed by atoms with Gasteiger partial charge in [-0.15, -0.1) is 0 Å². The lowest BCUT2D eigenvalue weighted by molar-refractivity contribution is -0.290. The Kier molecular flexibility index (Phi) is 7.68. The Morgan fingerprint density at radius 1 is 0.862 bits per heavy atom. The van der Waals surface area contributed by atoms with Crippen molar-refractivity contribution in [1.29, 1.82) is 0 Å². The normalized spacial score (nSPS) is 26.1. The monoisotopic (exact) mass is 410 g/mol. The zero-order chi connectivity index (χ0) is 21.6. The van der Waals surface area contributed by atoms with E-state index >= 15 is 0 Å². The van der Waals surface area contributed by atoms with E-state index in [1.54, 1.807) is 30.3 Å². The van der Waals surface area contributed by atoms with Crippen molar-refractivity contribution < 1.29 is 48.0 Å². The van der Waals surface area contributed by atoms with Gasteiger partial charge in [0.25, 0.3) is 0 Å². The van der Waals surface area contributed by atoms with Gasteiger partial charge < -0.3 is 28.8 Å². The van der Waals surface area contributed by atoms with E-state index in [1.165, 1.54) is 0 Å². The van der Waals surface area contributed by atoms with Gasteiger partial charge in [0.1, 0.15) is 6.61 Å². The van der Waals surface area contributed by atoms with Gasteiger partial charge in [-0.05, 0) is 5.56 Å². The Morgan fingerprint density at radius 3 is 1.93 bits per heavy atom. The smallest absolute Gasteiger partial charge is 0.339 e. The number of ether oxygens (including phenoxy) is 5. The fraction of sp³-hybridized carbons (Fsp3) is 0.474. The van der Waals surface area contributed by atoms with Gasteiger partial charge in [0.2, 0.25) is 0 Å². The van der Waals surface area contributed by atoms with Crippen molar-refractivity contribution in [3.8, 4) is 0 Å². The van der Waals surface area contributed by atoms with E-state index in [4.69, 9.17) is 23.7 Å². The van der Waals surface area contributed by atoms with Gasteiger partial charge in [0, 0.05) is 20.8 Å². The second-order valence-electron chi connectivity index (χ2n) is 6.26. The molecule has 2 rings (SSSR count). The van der Waals surface area contributed by atoms with E-state index in [0.29, 0.717) is 5.56 Å². The van der Waals surface area contributed by atoms with E-state index in [1.807, 2.05) is 0 Å². The van der Waals surface area contributed by atoms with Crippen LogP contribution >= 0.6 is 0 Å². The van der Waals surface area contributed by atoms with E-state index in [-0.39, 0.29) is 6.61 Å². The summed E-state index contributed by atoms with van der Waals surface area (Å²) in [7, 11) is 0. The third-order valence-electron chi connectivity index (χ3n) is 3.88. The highest BCUT2D eigenvalue weighted by molar-refractivity contribution is 5.77. The number of rotatable bonds is 6. The second-order valence-corrected chi connectivity index (χ2v) is 6.26. The predicted molar refractivity (Wildman–Crippen MR) is 93.8 cm³/mol. The summed E-state index contributed by atoms with van der Waals surface area (Å²) in [6, 6.07) is 8.76. The minimum Gasteiger partial charge on any atom is -0.459 e. The number of benzene rings is 1. The third-order valence-corrected chi connectivity index (χ3v) is 3.88. The third kappa shape index (κ3) is 6.26. The van der Waals surface area contributed by atoms with Crippen molar-refractivity contribution in [2.24, 2.45) is 0 Å². The fourth-order valence-electron chi connectivity index (χ4n) is 2.79. The van der Waals surface area contributed by atoms with Crippen LogP contribution in [0.25, 0.3) is 0 Å². The predicted octanol–water partition coefficient (Wildman–Crippen LogP) is 0.242. The zero-order valence-electron chi connectivity index (χ0n) is 16.1. The largest absolute Gasteiger partial charge is 0.459 e. The number of esters is 4. The van der Waals surface area contributed by atoms with Crippen LogP contribution in [0.4, 0.5) is 0 Å². The van der Waals surface area contributed by atoms with Gasteiger partial charge in [-0.2, -0.15) is 0 Å². The molecule has 1 N–H and O–H groups in total. The van der Waals surface area contributed by atoms with Crippen molar-refractivity contribution in [3.63, 3.8) is 0 Å². The number of aliphatic hydroxyl groups excluding tert-OH is 1. The molecular formula is C19H22O10. The number of hydrogen-bond donors (Lipinski definition) is 1. The van der Waals surface area contributed by atoms with Crippen molar-refractivity contribution in [2.75, 3.05) is 0 Å². The topological polar surface area (TPSA) is 135 Å². The lowest BCUT2D eigenvalue weighted by atomic mass is 9.98. The highest BCUT2D eigenvalue weighted by Crippen LogP contribution is 2.28. The fourth-order valence-corrected chi connectivity index (χ4v) is 2.79. The molecule has 0 amide bonds. The Balaban J connectivity index is 2.26. The lowest BCUT2D eigenvalue weighted by Gasteiger charge is -2.41. The molecular weight excluding hydrogens is 388 g/mol. The van der Waals surface area contributed by atoms with E-state index in [0.717, 1.165) is 20.8 Å². The van der Waals surface area contributed by atoms with Crippen LogP contribution in [0, 0.1) is 0 Å². The standard InChI is InChI=1S/C19H22O10/c1-10(20)26-14-15(27-11(2)21)17(28-12(3)22)19(24)29-16(14)18(23)25-9-13-7-5-4-6-8-13/h4-8,14-17,19,24H,9H2,1-3H3/t14-,15-,16-,17+,19-/m0/s1. The SMILES string of the molecule is CC(=O)O[C@@H]1[C@@H](OC(C)=O)[C@@H](O)O[C@H](C(=O)OCc2ccccc2)[C@H]1OC(C)=O. The quantitative estimate of drug-likeness (QED) is 0.513. The molecule has 0 saturated carbocycles. The first-order valence-corrected chi connectivity index (χ1v) is 8.74. The van der Waals surface area contributed by atoms with Crippen LogP contribution in [0.1, 0.15) is 26.3 Å². The van der Waals surface area contributed by atoms with Crippen molar-refractivity contribution in [2.45, 2.75) is 58.1 Å². The summed E-state index contributed by atoms with van der Waals surface area (Å²) < 4.78 is 25.5. The molecule has 0 unspecified atom stereocenters. The van der Waals surface area contributed by atoms with Gasteiger partial charge in [0.05, 0.1) is 0 Å². The molecule has 1 aliphatic rings. The van der Waals surface area contributed by atoms with Crippen LogP contribution in [0.15, 0.2) is 30.3 Å². The molecule has 5 atom stereocenters. The lowest BCUT2D eigenvalue weighted by Crippen LogP contribution is -2.63. The molecule has 158 valence electrons. The van der Waals surface area contributed by atoms with Gasteiger partial charge >= 0.3 is 23.9 Å². The Bertz CT molecular complexity index is 747. The number of carbonyl (C=O) groups is 4. The minimum absolute atomic E-state index is 0.103. The highest BCUT2D eigenvalue weighted by Gasteiger charge is 2.54. The van der Waals surface area contributed by atoms with Crippen LogP contribution < -0.4 is 0 Å². The minimum atomic E-state index is -1.83. The summed E-state index contributed by atoms with van der Waals surface area (Å²) in [6.45, 7) is 3.11. The summed E-state index contributed by atoms with van der Waals surface area (Å²) in [4.78, 5) is 47.0. The van der Waals surface area contributed by atoms with Crippen LogP contribution in [0.3, 0.4) is 0 Å². The summed E-state index contributed by atoms with van der Waals surface area (Å²) in [6.07, 6.45) is -7.96. The molecule has 1 fully saturated rings. The highest BCUT2D eigenvalue weighted by atomic mass is 16.7.